The van der Waals surface area contributed by atoms with Crippen LogP contribution in [-0.4, -0.2) is 16.1 Å². The summed E-state index contributed by atoms with van der Waals surface area (Å²) in [6.45, 7) is 0. The molecule has 2 aromatic heterocycles. The maximum Gasteiger partial charge on any atom is 0.324 e. The Morgan fingerprint density at radius 3 is 3.06 bits per heavy atom. The molecule has 0 aliphatic heterocycles. The molecule has 17 heavy (non-hydrogen) atoms. The Labute approximate surface area is 101 Å². The van der Waals surface area contributed by atoms with E-state index in [1.54, 1.807) is 23.7 Å². The van der Waals surface area contributed by atoms with Gasteiger partial charge in [0.2, 0.25) is 0 Å². The van der Waals surface area contributed by atoms with Gasteiger partial charge in [-0.25, -0.2) is 4.98 Å². The predicted molar refractivity (Wildman–Crippen MR) is 66.4 cm³/mol. The fourth-order valence-corrected chi connectivity index (χ4v) is 1.78. The number of nitro groups is 1. The second-order valence-electron chi connectivity index (χ2n) is 3.06. The predicted octanol–water partition coefficient (Wildman–Crippen LogP) is 2.50. The molecule has 0 amide bonds. The molecule has 0 bridgehead atoms. The summed E-state index contributed by atoms with van der Waals surface area (Å²) < 4.78 is 0. The summed E-state index contributed by atoms with van der Waals surface area (Å²) in [5.41, 5.74) is 3.41. The number of thiophene rings is 1. The highest BCUT2D eigenvalue weighted by atomic mass is 32.1. The van der Waals surface area contributed by atoms with Gasteiger partial charge in [0.15, 0.2) is 0 Å². The molecule has 1 N–H and O–H groups in total. The van der Waals surface area contributed by atoms with Crippen molar-refractivity contribution in [2.24, 2.45) is 5.10 Å². The Balaban J connectivity index is 1.98. The normalized spacial score (nSPS) is 10.6. The van der Waals surface area contributed by atoms with Gasteiger partial charge in [0, 0.05) is 23.2 Å². The minimum atomic E-state index is -0.422. The maximum atomic E-state index is 10.5. The number of anilines is 1. The van der Waals surface area contributed by atoms with Crippen molar-refractivity contribution in [2.75, 3.05) is 5.43 Å². The number of hydrogen-bond donors (Lipinski definition) is 1. The van der Waals surface area contributed by atoms with Gasteiger partial charge >= 0.3 is 5.00 Å². The summed E-state index contributed by atoms with van der Waals surface area (Å²) in [6.07, 6.45) is 3.16. The van der Waals surface area contributed by atoms with E-state index in [2.05, 4.69) is 15.5 Å². The molecule has 86 valence electrons. The number of hydrazone groups is 1. The summed E-state index contributed by atoms with van der Waals surface area (Å²) in [6, 6.07) is 6.87. The quantitative estimate of drug-likeness (QED) is 0.512. The molecule has 0 saturated heterocycles. The van der Waals surface area contributed by atoms with Crippen molar-refractivity contribution in [1.29, 1.82) is 0 Å². The van der Waals surface area contributed by atoms with Crippen molar-refractivity contribution in [3.05, 3.63) is 51.5 Å². The topological polar surface area (TPSA) is 80.4 Å². The van der Waals surface area contributed by atoms with Crippen LogP contribution in [0.4, 0.5) is 10.8 Å². The lowest BCUT2D eigenvalue weighted by Crippen LogP contribution is -1.91. The lowest BCUT2D eigenvalue weighted by atomic mass is 10.4. The van der Waals surface area contributed by atoms with Crippen LogP contribution in [0.2, 0.25) is 0 Å². The van der Waals surface area contributed by atoms with E-state index in [0.717, 1.165) is 11.3 Å². The van der Waals surface area contributed by atoms with Gasteiger partial charge in [-0.05, 0) is 12.1 Å². The molecule has 2 aromatic rings. The van der Waals surface area contributed by atoms with Crippen molar-refractivity contribution < 1.29 is 4.92 Å². The molecular formula is C10H8N4O2S. The molecule has 0 unspecified atom stereocenters. The van der Waals surface area contributed by atoms with Crippen LogP contribution in [0.5, 0.6) is 0 Å². The molecule has 0 atom stereocenters. The van der Waals surface area contributed by atoms with Crippen molar-refractivity contribution in [3.8, 4) is 0 Å². The third-order valence-corrected chi connectivity index (χ3v) is 2.74. The fraction of sp³-hybridized carbons (Fsp3) is 0. The first-order valence-corrected chi connectivity index (χ1v) is 5.57. The Bertz CT molecular complexity index is 538. The summed E-state index contributed by atoms with van der Waals surface area (Å²) in [5.74, 6) is 0.619. The van der Waals surface area contributed by atoms with Crippen LogP contribution in [-0.2, 0) is 0 Å². The monoisotopic (exact) mass is 248 g/mol. The first-order chi connectivity index (χ1) is 8.25. The Morgan fingerprint density at radius 2 is 2.41 bits per heavy atom. The second kappa shape index (κ2) is 5.17. The maximum absolute atomic E-state index is 10.5. The van der Waals surface area contributed by atoms with E-state index in [0.29, 0.717) is 11.4 Å². The molecule has 0 aliphatic carbocycles. The van der Waals surface area contributed by atoms with E-state index in [9.17, 15) is 10.1 Å². The smallest absolute Gasteiger partial charge is 0.261 e. The summed E-state index contributed by atoms with van der Waals surface area (Å²) in [4.78, 5) is 14.0. The third-order valence-electron chi connectivity index (χ3n) is 1.84. The Morgan fingerprint density at radius 1 is 1.53 bits per heavy atom. The molecule has 7 heteroatoms. The van der Waals surface area contributed by atoms with Gasteiger partial charge in [-0.2, -0.15) is 5.10 Å². The molecule has 2 rings (SSSR count). The number of rotatable bonds is 4. The van der Waals surface area contributed by atoms with Crippen LogP contribution >= 0.6 is 11.3 Å². The highest BCUT2D eigenvalue weighted by molar-refractivity contribution is 7.13. The van der Waals surface area contributed by atoms with Crippen LogP contribution in [0, 0.1) is 10.1 Å². The zero-order valence-corrected chi connectivity index (χ0v) is 9.42. The van der Waals surface area contributed by atoms with Gasteiger partial charge in [-0.15, -0.1) is 0 Å². The summed E-state index contributed by atoms with van der Waals surface area (Å²) in [7, 11) is 0. The van der Waals surface area contributed by atoms with Gasteiger partial charge in [0.1, 0.15) is 5.82 Å². The van der Waals surface area contributed by atoms with E-state index in [-0.39, 0.29) is 5.00 Å². The standard InChI is InChI=1S/C10H8N4O2S/c15-14(16)10-5-8(7-17-10)6-12-13-9-3-1-2-4-11-9/h1-7H,(H,11,13)/b12-6-. The number of nitrogens with one attached hydrogen (secondary N) is 1. The number of hydrogen-bond acceptors (Lipinski definition) is 6. The average Bonchev–Trinajstić information content (AvgIpc) is 2.79. The minimum absolute atomic E-state index is 0.101. The number of nitrogens with zero attached hydrogens (tertiary/aromatic N) is 3. The molecule has 0 saturated carbocycles. The van der Waals surface area contributed by atoms with Crippen LogP contribution in [0.1, 0.15) is 5.56 Å². The van der Waals surface area contributed by atoms with Crippen molar-refractivity contribution in [2.45, 2.75) is 0 Å². The van der Waals surface area contributed by atoms with E-state index in [1.165, 1.54) is 12.3 Å². The van der Waals surface area contributed by atoms with E-state index >= 15 is 0 Å². The first-order valence-electron chi connectivity index (χ1n) is 4.69. The molecule has 6 nitrogen and oxygen atoms in total. The van der Waals surface area contributed by atoms with Gasteiger partial charge in [-0.1, -0.05) is 17.4 Å². The van der Waals surface area contributed by atoms with Crippen LogP contribution in [0.25, 0.3) is 0 Å². The fourth-order valence-electron chi connectivity index (χ4n) is 1.10. The van der Waals surface area contributed by atoms with E-state index in [4.69, 9.17) is 0 Å². The van der Waals surface area contributed by atoms with Crippen molar-refractivity contribution >= 4 is 28.4 Å². The molecule has 0 radical (unpaired) electrons. The minimum Gasteiger partial charge on any atom is -0.261 e. The largest absolute Gasteiger partial charge is 0.324 e. The number of aromatic nitrogens is 1. The highest BCUT2D eigenvalue weighted by Gasteiger charge is 2.07. The van der Waals surface area contributed by atoms with E-state index in [1.807, 2.05) is 6.07 Å². The number of pyridine rings is 1. The molecule has 0 spiro atoms. The van der Waals surface area contributed by atoms with Gasteiger partial charge in [-0.3, -0.25) is 15.5 Å². The third kappa shape index (κ3) is 3.08. The van der Waals surface area contributed by atoms with E-state index < -0.39 is 4.92 Å². The summed E-state index contributed by atoms with van der Waals surface area (Å²) >= 11 is 1.07. The zero-order chi connectivity index (χ0) is 12.1. The first kappa shape index (κ1) is 11.2. The summed E-state index contributed by atoms with van der Waals surface area (Å²) in [5, 5.41) is 16.2. The molecule has 0 aromatic carbocycles. The molecule has 0 fully saturated rings. The average molecular weight is 248 g/mol. The van der Waals surface area contributed by atoms with Gasteiger partial charge in [0.05, 0.1) is 11.1 Å². The van der Waals surface area contributed by atoms with Gasteiger partial charge < -0.3 is 0 Å². The van der Waals surface area contributed by atoms with Crippen molar-refractivity contribution in [3.63, 3.8) is 0 Å². The molecule has 2 heterocycles. The zero-order valence-electron chi connectivity index (χ0n) is 8.61. The lowest BCUT2D eigenvalue weighted by Gasteiger charge is -1.95. The highest BCUT2D eigenvalue weighted by Crippen LogP contribution is 2.21. The Kier molecular flexibility index (Phi) is 3.41. The van der Waals surface area contributed by atoms with Crippen molar-refractivity contribution in [1.82, 2.24) is 4.98 Å². The second-order valence-corrected chi connectivity index (χ2v) is 3.95. The Hall–Kier alpha value is -2.28. The van der Waals surface area contributed by atoms with Crippen LogP contribution < -0.4 is 5.43 Å². The van der Waals surface area contributed by atoms with Crippen LogP contribution in [0.3, 0.4) is 0 Å². The van der Waals surface area contributed by atoms with Gasteiger partial charge in [0.25, 0.3) is 0 Å². The SMILES string of the molecule is O=[N+]([O-])c1cc(/C=N\Nc2ccccn2)cs1. The van der Waals surface area contributed by atoms with Crippen LogP contribution in [0.15, 0.2) is 40.9 Å². The molecule has 0 aliphatic rings. The molecular weight excluding hydrogens is 240 g/mol. The lowest BCUT2D eigenvalue weighted by molar-refractivity contribution is -0.380.